The fraction of sp³-hybridized carbons (Fsp3) is 0.500. The summed E-state index contributed by atoms with van der Waals surface area (Å²) in [5.74, 6) is -0.252. The van der Waals surface area contributed by atoms with Gasteiger partial charge in [0.2, 0.25) is 0 Å². The van der Waals surface area contributed by atoms with Crippen LogP contribution in [-0.2, 0) is 14.3 Å². The van der Waals surface area contributed by atoms with Crippen LogP contribution < -0.4 is 5.32 Å². The van der Waals surface area contributed by atoms with Gasteiger partial charge in [-0.2, -0.15) is 0 Å². The molecule has 4 heteroatoms. The maximum absolute atomic E-state index is 11.9. The number of hydrogen-bond acceptors (Lipinski definition) is 4. The van der Waals surface area contributed by atoms with Crippen LogP contribution >= 0.6 is 0 Å². The first kappa shape index (κ1) is 14.7. The summed E-state index contributed by atoms with van der Waals surface area (Å²) in [6.45, 7) is 5.36. The zero-order valence-electron chi connectivity index (χ0n) is 11.2. The van der Waals surface area contributed by atoms with E-state index in [0.717, 1.165) is 5.56 Å². The number of carbonyl (C=O) groups excluding carboxylic acids is 1. The predicted octanol–water partition coefficient (Wildman–Crippen LogP) is 1.84. The van der Waals surface area contributed by atoms with Crippen LogP contribution in [0.25, 0.3) is 0 Å². The van der Waals surface area contributed by atoms with Crippen LogP contribution in [-0.4, -0.2) is 32.8 Å². The molecular weight excluding hydrogens is 230 g/mol. The van der Waals surface area contributed by atoms with Gasteiger partial charge in [0.15, 0.2) is 0 Å². The number of esters is 1. The fourth-order valence-electron chi connectivity index (χ4n) is 1.63. The van der Waals surface area contributed by atoms with E-state index in [4.69, 9.17) is 9.47 Å². The smallest absolute Gasteiger partial charge is 0.327 e. The molecular formula is C14H21NO3. The van der Waals surface area contributed by atoms with Crippen molar-refractivity contribution < 1.29 is 14.3 Å². The molecule has 1 unspecified atom stereocenters. The van der Waals surface area contributed by atoms with Crippen molar-refractivity contribution in [3.63, 3.8) is 0 Å². The SMILES string of the molecule is CCOC(=O)C(NCCOC)c1ccc(C)cc1. The first-order valence-electron chi connectivity index (χ1n) is 6.14. The number of nitrogens with one attached hydrogen (secondary N) is 1. The van der Waals surface area contributed by atoms with Gasteiger partial charge in [-0.3, -0.25) is 5.32 Å². The average molecular weight is 251 g/mol. The van der Waals surface area contributed by atoms with E-state index in [0.29, 0.717) is 19.8 Å². The summed E-state index contributed by atoms with van der Waals surface area (Å²) in [6.07, 6.45) is 0. The van der Waals surface area contributed by atoms with Crippen molar-refractivity contribution in [2.24, 2.45) is 0 Å². The molecule has 1 aromatic rings. The largest absolute Gasteiger partial charge is 0.465 e. The molecule has 0 amide bonds. The van der Waals surface area contributed by atoms with Crippen LogP contribution in [0.5, 0.6) is 0 Å². The predicted molar refractivity (Wildman–Crippen MR) is 70.4 cm³/mol. The highest BCUT2D eigenvalue weighted by Crippen LogP contribution is 2.15. The van der Waals surface area contributed by atoms with E-state index in [9.17, 15) is 4.79 Å². The summed E-state index contributed by atoms with van der Waals surface area (Å²) in [6, 6.07) is 7.42. The van der Waals surface area contributed by atoms with Crippen molar-refractivity contribution >= 4 is 5.97 Å². The van der Waals surface area contributed by atoms with Gasteiger partial charge < -0.3 is 9.47 Å². The van der Waals surface area contributed by atoms with Crippen molar-refractivity contribution in [2.45, 2.75) is 19.9 Å². The lowest BCUT2D eigenvalue weighted by atomic mass is 10.1. The van der Waals surface area contributed by atoms with Crippen molar-refractivity contribution in [1.29, 1.82) is 0 Å². The van der Waals surface area contributed by atoms with E-state index in [1.165, 1.54) is 5.56 Å². The third kappa shape index (κ3) is 4.47. The summed E-state index contributed by atoms with van der Waals surface area (Å²) in [7, 11) is 1.63. The molecule has 0 aliphatic heterocycles. The van der Waals surface area contributed by atoms with E-state index < -0.39 is 6.04 Å². The highest BCUT2D eigenvalue weighted by Gasteiger charge is 2.20. The van der Waals surface area contributed by atoms with Crippen LogP contribution in [0, 0.1) is 6.92 Å². The van der Waals surface area contributed by atoms with Crippen molar-refractivity contribution in [2.75, 3.05) is 26.9 Å². The zero-order chi connectivity index (χ0) is 13.4. The van der Waals surface area contributed by atoms with Gasteiger partial charge in [0.05, 0.1) is 13.2 Å². The molecule has 0 radical (unpaired) electrons. The lowest BCUT2D eigenvalue weighted by Gasteiger charge is -2.17. The van der Waals surface area contributed by atoms with Crippen molar-refractivity contribution in [3.8, 4) is 0 Å². The molecule has 1 atom stereocenters. The van der Waals surface area contributed by atoms with Crippen LogP contribution in [0.1, 0.15) is 24.1 Å². The third-order valence-electron chi connectivity index (χ3n) is 2.59. The monoisotopic (exact) mass is 251 g/mol. The fourth-order valence-corrected chi connectivity index (χ4v) is 1.63. The minimum absolute atomic E-state index is 0.252. The first-order valence-corrected chi connectivity index (χ1v) is 6.14. The van der Waals surface area contributed by atoms with Crippen LogP contribution in [0.4, 0.5) is 0 Å². The van der Waals surface area contributed by atoms with Gasteiger partial charge in [-0.05, 0) is 19.4 Å². The number of rotatable bonds is 7. The third-order valence-corrected chi connectivity index (χ3v) is 2.59. The molecule has 0 heterocycles. The second-order valence-corrected chi connectivity index (χ2v) is 4.04. The Morgan fingerprint density at radius 1 is 1.33 bits per heavy atom. The molecule has 0 saturated carbocycles. The van der Waals surface area contributed by atoms with Crippen LogP contribution in [0.2, 0.25) is 0 Å². The Morgan fingerprint density at radius 3 is 2.56 bits per heavy atom. The molecule has 100 valence electrons. The average Bonchev–Trinajstić information content (AvgIpc) is 2.36. The number of aryl methyl sites for hydroxylation is 1. The van der Waals surface area contributed by atoms with Crippen LogP contribution in [0.15, 0.2) is 24.3 Å². The topological polar surface area (TPSA) is 47.6 Å². The van der Waals surface area contributed by atoms with Gasteiger partial charge in [-0.25, -0.2) is 4.79 Å². The van der Waals surface area contributed by atoms with Crippen LogP contribution in [0.3, 0.4) is 0 Å². The van der Waals surface area contributed by atoms with E-state index >= 15 is 0 Å². The highest BCUT2D eigenvalue weighted by molar-refractivity contribution is 5.77. The molecule has 4 nitrogen and oxygen atoms in total. The molecule has 1 N–H and O–H groups in total. The summed E-state index contributed by atoms with van der Waals surface area (Å²) in [5, 5.41) is 3.14. The molecule has 1 rings (SSSR count). The first-order chi connectivity index (χ1) is 8.69. The Balaban J connectivity index is 2.75. The molecule has 0 fully saturated rings. The van der Waals surface area contributed by atoms with Gasteiger partial charge in [0.25, 0.3) is 0 Å². The van der Waals surface area contributed by atoms with Gasteiger partial charge in [0, 0.05) is 13.7 Å². The molecule has 0 spiro atoms. The minimum Gasteiger partial charge on any atom is -0.465 e. The van der Waals surface area contributed by atoms with E-state index in [1.54, 1.807) is 14.0 Å². The highest BCUT2D eigenvalue weighted by atomic mass is 16.5. The molecule has 0 aromatic heterocycles. The molecule has 0 bridgehead atoms. The second kappa shape index (κ2) is 7.84. The number of methoxy groups -OCH3 is 1. The summed E-state index contributed by atoms with van der Waals surface area (Å²) >= 11 is 0. The van der Waals surface area contributed by atoms with Crippen molar-refractivity contribution in [3.05, 3.63) is 35.4 Å². The Morgan fingerprint density at radius 2 is 2.00 bits per heavy atom. The van der Waals surface area contributed by atoms with Gasteiger partial charge >= 0.3 is 5.97 Å². The van der Waals surface area contributed by atoms with E-state index in [1.807, 2.05) is 31.2 Å². The molecule has 0 aliphatic carbocycles. The molecule has 1 aromatic carbocycles. The summed E-state index contributed by atoms with van der Waals surface area (Å²) in [4.78, 5) is 11.9. The minimum atomic E-state index is -0.430. The molecule has 0 saturated heterocycles. The van der Waals surface area contributed by atoms with Gasteiger partial charge in [0.1, 0.15) is 6.04 Å². The van der Waals surface area contributed by atoms with Gasteiger partial charge in [-0.15, -0.1) is 0 Å². The molecule has 18 heavy (non-hydrogen) atoms. The quantitative estimate of drug-likeness (QED) is 0.593. The maximum Gasteiger partial charge on any atom is 0.327 e. The summed E-state index contributed by atoms with van der Waals surface area (Å²) < 4.78 is 10.0. The number of hydrogen-bond donors (Lipinski definition) is 1. The normalized spacial score (nSPS) is 12.2. The second-order valence-electron chi connectivity index (χ2n) is 4.04. The molecule has 0 aliphatic rings. The Bertz CT molecular complexity index is 362. The van der Waals surface area contributed by atoms with Crippen molar-refractivity contribution in [1.82, 2.24) is 5.32 Å². The van der Waals surface area contributed by atoms with E-state index in [-0.39, 0.29) is 5.97 Å². The summed E-state index contributed by atoms with van der Waals surface area (Å²) in [5.41, 5.74) is 2.08. The van der Waals surface area contributed by atoms with Gasteiger partial charge in [-0.1, -0.05) is 29.8 Å². The number of carbonyl (C=O) groups is 1. The Kier molecular flexibility index (Phi) is 6.39. The zero-order valence-corrected chi connectivity index (χ0v) is 11.2. The Hall–Kier alpha value is -1.39. The number of benzene rings is 1. The lowest BCUT2D eigenvalue weighted by molar-refractivity contribution is -0.145. The Labute approximate surface area is 108 Å². The standard InChI is InChI=1S/C14H21NO3/c1-4-18-14(16)13(15-9-10-17-3)12-7-5-11(2)6-8-12/h5-8,13,15H,4,9-10H2,1-3H3. The van der Waals surface area contributed by atoms with E-state index in [2.05, 4.69) is 5.32 Å². The lowest BCUT2D eigenvalue weighted by Crippen LogP contribution is -2.32. The maximum atomic E-state index is 11.9. The number of ether oxygens (including phenoxy) is 2.